The van der Waals surface area contributed by atoms with Crippen molar-refractivity contribution in [1.29, 1.82) is 0 Å². The molecule has 0 aromatic carbocycles. The zero-order chi connectivity index (χ0) is 20.5. The molecule has 9 heteroatoms. The zero-order valence-corrected chi connectivity index (χ0v) is 16.9. The van der Waals surface area contributed by atoms with Crippen LogP contribution >= 0.6 is 11.6 Å². The van der Waals surface area contributed by atoms with E-state index in [1.807, 2.05) is 6.92 Å². The van der Waals surface area contributed by atoms with Crippen LogP contribution in [0.15, 0.2) is 0 Å². The van der Waals surface area contributed by atoms with Crippen molar-refractivity contribution in [3.63, 3.8) is 0 Å². The van der Waals surface area contributed by atoms with E-state index in [2.05, 4.69) is 15.3 Å². The largest absolute Gasteiger partial charge is 0.350 e. The van der Waals surface area contributed by atoms with E-state index in [1.165, 1.54) is 0 Å². The molecule has 156 valence electrons. The van der Waals surface area contributed by atoms with E-state index >= 15 is 0 Å². The maximum atomic E-state index is 14.6. The molecule has 2 rings (SSSR count). The van der Waals surface area contributed by atoms with Crippen molar-refractivity contribution >= 4 is 23.9 Å². The molecule has 1 aromatic heterocycles. The van der Waals surface area contributed by atoms with Gasteiger partial charge in [0.2, 0.25) is 17.6 Å². The van der Waals surface area contributed by atoms with Crippen LogP contribution in [0, 0.1) is 17.7 Å². The molecule has 0 unspecified atom stereocenters. The van der Waals surface area contributed by atoms with Gasteiger partial charge in [0.25, 0.3) is 0 Å². The number of amides is 2. The van der Waals surface area contributed by atoms with E-state index in [9.17, 15) is 19.2 Å². The Balaban J connectivity index is 2.04. The Morgan fingerprint density at radius 1 is 1.39 bits per heavy atom. The van der Waals surface area contributed by atoms with Crippen LogP contribution in [0.3, 0.4) is 0 Å². The Kier molecular flexibility index (Phi) is 9.05. The van der Waals surface area contributed by atoms with Gasteiger partial charge in [-0.15, -0.1) is 0 Å². The predicted octanol–water partition coefficient (Wildman–Crippen LogP) is 3.27. The fourth-order valence-electron chi connectivity index (χ4n) is 3.64. The molecule has 0 saturated heterocycles. The third-order valence-corrected chi connectivity index (χ3v) is 5.32. The lowest BCUT2D eigenvalue weighted by Gasteiger charge is -2.22. The monoisotopic (exact) mass is 414 g/mol. The van der Waals surface area contributed by atoms with Crippen molar-refractivity contribution in [2.24, 2.45) is 11.8 Å². The number of hydrogen-bond acceptors (Lipinski definition) is 5. The Morgan fingerprint density at radius 2 is 2.07 bits per heavy atom. The van der Waals surface area contributed by atoms with Gasteiger partial charge in [0.05, 0.1) is 24.7 Å². The fourth-order valence-corrected chi connectivity index (χ4v) is 3.84. The number of nitrogens with one attached hydrogen (secondary N) is 1. The summed E-state index contributed by atoms with van der Waals surface area (Å²) >= 11 is 5.90. The molecular weight excluding hydrogens is 387 g/mol. The summed E-state index contributed by atoms with van der Waals surface area (Å²) in [6.45, 7) is 1.77. The highest BCUT2D eigenvalue weighted by molar-refractivity contribution is 6.28. The number of hydrogen-bond donors (Lipinski definition) is 2. The van der Waals surface area contributed by atoms with Crippen LogP contribution in [-0.4, -0.2) is 39.1 Å². The highest BCUT2D eigenvalue weighted by atomic mass is 35.5. The number of aryl methyl sites for hydroxylation is 1. The maximum absolute atomic E-state index is 14.6. The lowest BCUT2D eigenvalue weighted by atomic mass is 9.92. The molecule has 28 heavy (non-hydrogen) atoms. The average molecular weight is 415 g/mol. The van der Waals surface area contributed by atoms with Crippen molar-refractivity contribution in [3.8, 4) is 0 Å². The normalized spacial score (nSPS) is 15.4. The van der Waals surface area contributed by atoms with Gasteiger partial charge in [-0.2, -0.15) is 0 Å². The number of unbranched alkanes of at least 4 members (excludes halogenated alkanes) is 1. The molecule has 1 aliphatic carbocycles. The summed E-state index contributed by atoms with van der Waals surface area (Å²) in [7, 11) is 0. The molecule has 1 atom stereocenters. The van der Waals surface area contributed by atoms with E-state index in [-0.39, 0.29) is 42.1 Å². The second kappa shape index (κ2) is 11.3. The Hall–Kier alpha value is -1.80. The van der Waals surface area contributed by atoms with Crippen molar-refractivity contribution < 1.29 is 19.2 Å². The Morgan fingerprint density at radius 3 is 2.71 bits per heavy atom. The van der Waals surface area contributed by atoms with E-state index in [4.69, 9.17) is 11.6 Å². The summed E-state index contributed by atoms with van der Waals surface area (Å²) in [6.07, 6.45) is 7.29. The minimum Gasteiger partial charge on any atom is -0.350 e. The van der Waals surface area contributed by atoms with Crippen LogP contribution < -0.4 is 5.32 Å². The number of nitrogens with zero attached hydrogens (tertiary/aromatic N) is 3. The van der Waals surface area contributed by atoms with E-state index in [0.29, 0.717) is 23.8 Å². The van der Waals surface area contributed by atoms with Crippen LogP contribution in [0.5, 0.6) is 0 Å². The molecule has 0 spiro atoms. The summed E-state index contributed by atoms with van der Waals surface area (Å²) in [5.74, 6) is -1.08. The van der Waals surface area contributed by atoms with Crippen LogP contribution in [0.2, 0.25) is 5.28 Å². The smallest absolute Gasteiger partial charge is 0.233 e. The molecule has 2 N–H and O–H groups in total. The molecule has 1 heterocycles. The second-order valence-electron chi connectivity index (χ2n) is 7.33. The molecule has 1 fully saturated rings. The maximum Gasteiger partial charge on any atom is 0.233 e. The van der Waals surface area contributed by atoms with Crippen molar-refractivity contribution in [3.05, 3.63) is 22.5 Å². The van der Waals surface area contributed by atoms with Gasteiger partial charge in [-0.05, 0) is 36.8 Å². The number of carbonyl (C=O) groups excluding carboxylic acids is 2. The van der Waals surface area contributed by atoms with Gasteiger partial charge >= 0.3 is 0 Å². The summed E-state index contributed by atoms with van der Waals surface area (Å²) in [4.78, 5) is 31.2. The fraction of sp³-hybridized carbons (Fsp3) is 0.684. The second-order valence-corrected chi connectivity index (χ2v) is 7.67. The summed E-state index contributed by atoms with van der Waals surface area (Å²) < 4.78 is 14.6. The zero-order valence-electron chi connectivity index (χ0n) is 16.2. The van der Waals surface area contributed by atoms with E-state index in [1.54, 1.807) is 0 Å². The lowest BCUT2D eigenvalue weighted by molar-refractivity contribution is -0.155. The van der Waals surface area contributed by atoms with E-state index in [0.717, 1.165) is 38.5 Å². The highest BCUT2D eigenvalue weighted by Crippen LogP contribution is 2.30. The van der Waals surface area contributed by atoms with Gasteiger partial charge in [0.15, 0.2) is 5.82 Å². The number of aromatic nitrogens is 2. The van der Waals surface area contributed by atoms with Gasteiger partial charge in [-0.25, -0.2) is 19.4 Å². The van der Waals surface area contributed by atoms with Crippen LogP contribution in [0.25, 0.3) is 0 Å². The minimum atomic E-state index is -0.571. The van der Waals surface area contributed by atoms with Crippen molar-refractivity contribution in [1.82, 2.24) is 20.3 Å². The van der Waals surface area contributed by atoms with Crippen molar-refractivity contribution in [2.45, 2.75) is 64.8 Å². The van der Waals surface area contributed by atoms with Crippen LogP contribution in [0.1, 0.15) is 63.3 Å². The summed E-state index contributed by atoms with van der Waals surface area (Å²) in [5.41, 5.74) is 0.284. The molecule has 1 saturated carbocycles. The third kappa shape index (κ3) is 6.67. The third-order valence-electron chi connectivity index (χ3n) is 5.15. The topological polar surface area (TPSA) is 95.4 Å². The first-order chi connectivity index (χ1) is 13.4. The predicted molar refractivity (Wildman–Crippen MR) is 102 cm³/mol. The minimum absolute atomic E-state index is 0.0373. The molecule has 0 radical (unpaired) electrons. The molecule has 7 nitrogen and oxygen atoms in total. The molecule has 1 aromatic rings. The first-order valence-electron chi connectivity index (χ1n) is 9.83. The first-order valence-corrected chi connectivity index (χ1v) is 10.2. The summed E-state index contributed by atoms with van der Waals surface area (Å²) in [6, 6.07) is 0. The van der Waals surface area contributed by atoms with Crippen LogP contribution in [-0.2, 0) is 22.6 Å². The quantitative estimate of drug-likeness (QED) is 0.251. The van der Waals surface area contributed by atoms with Crippen molar-refractivity contribution in [2.75, 3.05) is 6.54 Å². The standard InChI is InChI=1S/C19H28ClFN4O3/c1-2-3-8-15-17(21)16(24-19(20)23-15)10-22-18(27)14(11-25(28)12-26)9-13-6-4-5-7-13/h12-14,28H,2-11H2,1H3,(H,22,27)/t14-/m1/s1. The Bertz CT molecular complexity index is 671. The SMILES string of the molecule is CCCCc1nc(Cl)nc(CNC(=O)[C@H](CC2CCCC2)CN(O)C=O)c1F. The number of rotatable bonds is 11. The molecule has 2 amide bonds. The first kappa shape index (κ1) is 22.5. The Labute approximate surface area is 169 Å². The van der Waals surface area contributed by atoms with Gasteiger partial charge in [-0.1, -0.05) is 39.0 Å². The number of hydroxylamine groups is 2. The van der Waals surface area contributed by atoms with E-state index < -0.39 is 11.7 Å². The molecule has 1 aliphatic rings. The van der Waals surface area contributed by atoms with Gasteiger partial charge in [0, 0.05) is 0 Å². The number of carbonyl (C=O) groups is 2. The molecular formula is C19H28ClFN4O3. The van der Waals surface area contributed by atoms with Gasteiger partial charge < -0.3 is 5.32 Å². The summed E-state index contributed by atoms with van der Waals surface area (Å²) in [5, 5.41) is 12.6. The lowest BCUT2D eigenvalue weighted by Crippen LogP contribution is -2.38. The molecule has 0 bridgehead atoms. The van der Waals surface area contributed by atoms with Gasteiger partial charge in [-0.3, -0.25) is 14.8 Å². The van der Waals surface area contributed by atoms with Crippen LogP contribution in [0.4, 0.5) is 4.39 Å². The van der Waals surface area contributed by atoms with Gasteiger partial charge in [0.1, 0.15) is 5.69 Å². The average Bonchev–Trinajstić information content (AvgIpc) is 3.19. The molecule has 0 aliphatic heterocycles. The highest BCUT2D eigenvalue weighted by Gasteiger charge is 2.27. The number of halogens is 2.